The maximum Gasteiger partial charge on any atom is 0.102 e. The van der Waals surface area contributed by atoms with Crippen LogP contribution in [0.4, 0.5) is 5.69 Å². The minimum Gasteiger partial charge on any atom is -0.359 e. The van der Waals surface area contributed by atoms with Gasteiger partial charge in [-0.1, -0.05) is 18.2 Å². The molecule has 1 atom stereocenters. The van der Waals surface area contributed by atoms with Crippen molar-refractivity contribution in [2.45, 2.75) is 20.0 Å². The lowest BCUT2D eigenvalue weighted by Gasteiger charge is -2.28. The average molecular weight is 291 g/mol. The number of anilines is 1. The Bertz CT molecular complexity index is 904. The molecule has 0 spiro atoms. The zero-order chi connectivity index (χ0) is 15.4. The van der Waals surface area contributed by atoms with Gasteiger partial charge >= 0.3 is 0 Å². The van der Waals surface area contributed by atoms with Crippen molar-refractivity contribution >= 4 is 27.5 Å². The molecule has 112 valence electrons. The van der Waals surface area contributed by atoms with E-state index < -0.39 is 0 Å². The van der Waals surface area contributed by atoms with Crippen molar-refractivity contribution in [3.8, 4) is 0 Å². The quantitative estimate of drug-likeness (QED) is 0.665. The Kier molecular flexibility index (Phi) is 2.73. The minimum absolute atomic E-state index is 0.353. The fourth-order valence-electron chi connectivity index (χ4n) is 3.48. The van der Waals surface area contributed by atoms with E-state index in [-0.39, 0.29) is 0 Å². The second-order valence-corrected chi connectivity index (χ2v) is 6.23. The number of nitrogens with zero attached hydrogens (tertiary/aromatic N) is 3. The first-order chi connectivity index (χ1) is 10.6. The second kappa shape index (κ2) is 4.54. The highest BCUT2D eigenvalue weighted by atomic mass is 15.4. The molecule has 0 unspecified atom stereocenters. The first kappa shape index (κ1) is 13.3. The topological polar surface area (TPSA) is 11.4 Å². The fraction of sp³-hybridized carbons (Fsp3) is 0.263. The van der Waals surface area contributed by atoms with Crippen LogP contribution in [0.25, 0.3) is 21.8 Å². The number of rotatable bonds is 1. The zero-order valence-electron chi connectivity index (χ0n) is 13.5. The SMILES string of the molecule is Cc1cc2c3ccccc3n(C)c2cc1N1C=CN(C)[C@@H]1C. The van der Waals surface area contributed by atoms with Crippen molar-refractivity contribution in [2.75, 3.05) is 11.9 Å². The molecule has 0 radical (unpaired) electrons. The van der Waals surface area contributed by atoms with E-state index in [0.29, 0.717) is 6.17 Å². The summed E-state index contributed by atoms with van der Waals surface area (Å²) in [5.74, 6) is 0. The van der Waals surface area contributed by atoms with Gasteiger partial charge in [-0.15, -0.1) is 0 Å². The van der Waals surface area contributed by atoms with Crippen molar-refractivity contribution in [3.05, 3.63) is 54.4 Å². The largest absolute Gasteiger partial charge is 0.359 e. The van der Waals surface area contributed by atoms with Gasteiger partial charge < -0.3 is 14.4 Å². The number of aromatic nitrogens is 1. The van der Waals surface area contributed by atoms with Crippen molar-refractivity contribution in [1.82, 2.24) is 9.47 Å². The monoisotopic (exact) mass is 291 g/mol. The maximum atomic E-state index is 2.34. The highest BCUT2D eigenvalue weighted by molar-refractivity contribution is 6.09. The van der Waals surface area contributed by atoms with Gasteiger partial charge in [0.15, 0.2) is 0 Å². The number of aryl methyl sites for hydroxylation is 2. The van der Waals surface area contributed by atoms with Gasteiger partial charge in [-0.2, -0.15) is 0 Å². The fourth-order valence-corrected chi connectivity index (χ4v) is 3.48. The summed E-state index contributed by atoms with van der Waals surface area (Å²) in [5.41, 5.74) is 5.18. The molecule has 1 aliphatic rings. The molecule has 0 saturated carbocycles. The molecule has 0 bridgehead atoms. The molecule has 0 N–H and O–H groups in total. The van der Waals surface area contributed by atoms with Crippen molar-refractivity contribution < 1.29 is 0 Å². The predicted octanol–water partition coefficient (Wildman–Crippen LogP) is 4.21. The van der Waals surface area contributed by atoms with E-state index in [1.54, 1.807) is 0 Å². The zero-order valence-corrected chi connectivity index (χ0v) is 13.5. The Labute approximate surface area is 131 Å². The van der Waals surface area contributed by atoms with Crippen LogP contribution in [0.15, 0.2) is 48.8 Å². The number of fused-ring (bicyclic) bond motifs is 3. The molecule has 3 aromatic rings. The first-order valence-corrected chi connectivity index (χ1v) is 7.74. The highest BCUT2D eigenvalue weighted by Crippen LogP contribution is 2.35. The molecule has 1 aromatic heterocycles. The van der Waals surface area contributed by atoms with E-state index in [1.807, 2.05) is 0 Å². The summed E-state index contributed by atoms with van der Waals surface area (Å²) in [6.45, 7) is 4.43. The summed E-state index contributed by atoms with van der Waals surface area (Å²) in [7, 11) is 4.27. The van der Waals surface area contributed by atoms with Gasteiger partial charge in [-0.3, -0.25) is 0 Å². The molecule has 3 nitrogen and oxygen atoms in total. The molecule has 1 aliphatic heterocycles. The Morgan fingerprint density at radius 2 is 1.68 bits per heavy atom. The molecule has 3 heteroatoms. The van der Waals surface area contributed by atoms with Crippen LogP contribution in [0.3, 0.4) is 0 Å². The van der Waals surface area contributed by atoms with Gasteiger partial charge in [0.25, 0.3) is 0 Å². The molecule has 0 aliphatic carbocycles. The highest BCUT2D eigenvalue weighted by Gasteiger charge is 2.22. The number of para-hydroxylation sites is 1. The number of hydrogen-bond acceptors (Lipinski definition) is 2. The standard InChI is InChI=1S/C19H21N3/c1-13-11-16-15-7-5-6-8-17(15)21(4)19(16)12-18(13)22-10-9-20(3)14(22)2/h5-12,14H,1-4H3/t14-/m0/s1. The van der Waals surface area contributed by atoms with Crippen LogP contribution in [0.5, 0.6) is 0 Å². The maximum absolute atomic E-state index is 2.34. The van der Waals surface area contributed by atoms with Crippen LogP contribution < -0.4 is 4.90 Å². The predicted molar refractivity (Wildman–Crippen MR) is 94.0 cm³/mol. The van der Waals surface area contributed by atoms with Crippen molar-refractivity contribution in [3.63, 3.8) is 0 Å². The third-order valence-corrected chi connectivity index (χ3v) is 4.96. The van der Waals surface area contributed by atoms with Crippen LogP contribution in [0.2, 0.25) is 0 Å². The van der Waals surface area contributed by atoms with Gasteiger partial charge in [-0.05, 0) is 37.6 Å². The third kappa shape index (κ3) is 1.68. The van der Waals surface area contributed by atoms with Crippen LogP contribution >= 0.6 is 0 Å². The minimum atomic E-state index is 0.353. The lowest BCUT2D eigenvalue weighted by atomic mass is 10.1. The summed E-state index contributed by atoms with van der Waals surface area (Å²) in [6, 6.07) is 13.3. The van der Waals surface area contributed by atoms with E-state index in [1.165, 1.54) is 33.1 Å². The van der Waals surface area contributed by atoms with Crippen molar-refractivity contribution in [1.29, 1.82) is 0 Å². The second-order valence-electron chi connectivity index (χ2n) is 6.23. The lowest BCUT2D eigenvalue weighted by Crippen LogP contribution is -2.33. The summed E-state index contributed by atoms with van der Waals surface area (Å²) >= 11 is 0. The summed E-state index contributed by atoms with van der Waals surface area (Å²) < 4.78 is 2.29. The van der Waals surface area contributed by atoms with E-state index in [2.05, 4.69) is 91.1 Å². The molecule has 4 rings (SSSR count). The summed E-state index contributed by atoms with van der Waals surface area (Å²) in [4.78, 5) is 4.57. The van der Waals surface area contributed by atoms with E-state index >= 15 is 0 Å². The smallest absolute Gasteiger partial charge is 0.102 e. The molecule has 0 amide bonds. The molecule has 2 aromatic carbocycles. The Balaban J connectivity index is 1.99. The number of benzene rings is 2. The molecular formula is C19H21N3. The van der Waals surface area contributed by atoms with Gasteiger partial charge in [0.1, 0.15) is 6.17 Å². The average Bonchev–Trinajstić information content (AvgIpc) is 2.99. The van der Waals surface area contributed by atoms with Crippen molar-refractivity contribution in [2.24, 2.45) is 7.05 Å². The molecular weight excluding hydrogens is 270 g/mol. The van der Waals surface area contributed by atoms with Gasteiger partial charge in [-0.25, -0.2) is 0 Å². The van der Waals surface area contributed by atoms with E-state index in [0.717, 1.165) is 0 Å². The lowest BCUT2D eigenvalue weighted by molar-refractivity contribution is 0.383. The Hall–Kier alpha value is -2.42. The van der Waals surface area contributed by atoms with Gasteiger partial charge in [0.2, 0.25) is 0 Å². The summed E-state index contributed by atoms with van der Waals surface area (Å²) in [5, 5.41) is 2.67. The number of hydrogen-bond donors (Lipinski definition) is 0. The normalized spacial score (nSPS) is 18.1. The molecule has 0 fully saturated rings. The van der Waals surface area contributed by atoms with Gasteiger partial charge in [0.05, 0.1) is 5.52 Å². The Morgan fingerprint density at radius 1 is 0.909 bits per heavy atom. The Morgan fingerprint density at radius 3 is 2.41 bits per heavy atom. The molecule has 22 heavy (non-hydrogen) atoms. The molecule has 0 saturated heterocycles. The third-order valence-electron chi connectivity index (χ3n) is 4.96. The van der Waals surface area contributed by atoms with Crippen LogP contribution in [-0.2, 0) is 7.05 Å². The first-order valence-electron chi connectivity index (χ1n) is 7.74. The van der Waals surface area contributed by atoms with Gasteiger partial charge in [0, 0.05) is 48.5 Å². The van der Waals surface area contributed by atoms with Crippen LogP contribution in [0, 0.1) is 6.92 Å². The van der Waals surface area contributed by atoms with E-state index in [4.69, 9.17) is 0 Å². The van der Waals surface area contributed by atoms with E-state index in [9.17, 15) is 0 Å². The molecule has 2 heterocycles. The van der Waals surface area contributed by atoms with Crippen LogP contribution in [0.1, 0.15) is 12.5 Å². The van der Waals surface area contributed by atoms with Crippen LogP contribution in [-0.4, -0.2) is 22.7 Å². The summed E-state index contributed by atoms with van der Waals surface area (Å²) in [6.07, 6.45) is 4.66.